The monoisotopic (exact) mass is 112 g/mol. The van der Waals surface area contributed by atoms with Crippen molar-refractivity contribution >= 4 is 0 Å². The Morgan fingerprint density at radius 1 is 1.38 bits per heavy atom. The minimum absolute atomic E-state index is 0.523. The van der Waals surface area contributed by atoms with E-state index in [1.807, 2.05) is 0 Å². The Morgan fingerprint density at radius 3 is 2.75 bits per heavy atom. The number of nitrogens with two attached hydrogens (primary N) is 1. The van der Waals surface area contributed by atoms with Crippen molar-refractivity contribution < 1.29 is 0 Å². The van der Waals surface area contributed by atoms with E-state index >= 15 is 0 Å². The summed E-state index contributed by atoms with van der Waals surface area (Å²) < 4.78 is 0. The number of fused-ring (bicyclic) bond motifs is 1. The van der Waals surface area contributed by atoms with Crippen LogP contribution in [0, 0.1) is 11.8 Å². The lowest BCUT2D eigenvalue weighted by Gasteiger charge is -2.36. The van der Waals surface area contributed by atoms with Crippen molar-refractivity contribution in [2.75, 3.05) is 13.1 Å². The van der Waals surface area contributed by atoms with Crippen LogP contribution in [-0.4, -0.2) is 19.1 Å². The summed E-state index contributed by atoms with van der Waals surface area (Å²) in [5.41, 5.74) is 5.72. The summed E-state index contributed by atoms with van der Waals surface area (Å²) in [6.45, 7) is 2.39. The molecule has 2 fully saturated rings. The predicted octanol–water partition coefficient (Wildman–Crippen LogP) is -0.447. The molecule has 3 N–H and O–H groups in total. The van der Waals surface area contributed by atoms with Crippen molar-refractivity contribution in [3.63, 3.8) is 0 Å². The maximum atomic E-state index is 5.72. The van der Waals surface area contributed by atoms with E-state index in [-0.39, 0.29) is 0 Å². The molecule has 1 heterocycles. The number of rotatable bonds is 0. The van der Waals surface area contributed by atoms with Gasteiger partial charge in [0.2, 0.25) is 0 Å². The molecule has 2 rings (SSSR count). The third-order valence-electron chi connectivity index (χ3n) is 2.52. The quantitative estimate of drug-likeness (QED) is 0.445. The summed E-state index contributed by atoms with van der Waals surface area (Å²) in [5.74, 6) is 1.76. The summed E-state index contributed by atoms with van der Waals surface area (Å²) in [4.78, 5) is 0. The Kier molecular flexibility index (Phi) is 0.866. The Balaban J connectivity index is 2.02. The van der Waals surface area contributed by atoms with Gasteiger partial charge in [-0.2, -0.15) is 0 Å². The van der Waals surface area contributed by atoms with Crippen LogP contribution in [0.25, 0.3) is 0 Å². The second kappa shape index (κ2) is 1.45. The number of hydrogen-bond donors (Lipinski definition) is 2. The highest BCUT2D eigenvalue weighted by Gasteiger charge is 2.41. The molecular formula is C6H12N2. The van der Waals surface area contributed by atoms with Gasteiger partial charge >= 0.3 is 0 Å². The van der Waals surface area contributed by atoms with Gasteiger partial charge in [0.25, 0.3) is 0 Å². The lowest BCUT2D eigenvalue weighted by Crippen LogP contribution is -2.46. The first kappa shape index (κ1) is 4.77. The Labute approximate surface area is 49.4 Å². The van der Waals surface area contributed by atoms with E-state index in [9.17, 15) is 0 Å². The second-order valence-corrected chi connectivity index (χ2v) is 2.98. The SMILES string of the molecule is N[C@@H]1CC2CNCC21. The average Bonchev–Trinajstić information content (AvgIpc) is 2.09. The topological polar surface area (TPSA) is 38.0 Å². The summed E-state index contributed by atoms with van der Waals surface area (Å²) in [6.07, 6.45) is 1.26. The second-order valence-electron chi connectivity index (χ2n) is 2.98. The Bertz CT molecular complexity index is 103. The largest absolute Gasteiger partial charge is 0.327 e. The van der Waals surface area contributed by atoms with Crippen molar-refractivity contribution in [2.24, 2.45) is 17.6 Å². The third-order valence-corrected chi connectivity index (χ3v) is 2.52. The highest BCUT2D eigenvalue weighted by molar-refractivity contribution is 4.98. The van der Waals surface area contributed by atoms with Gasteiger partial charge in [-0.25, -0.2) is 0 Å². The highest BCUT2D eigenvalue weighted by Crippen LogP contribution is 2.35. The smallest absolute Gasteiger partial charge is 0.00856 e. The minimum atomic E-state index is 0.523. The van der Waals surface area contributed by atoms with Crippen LogP contribution < -0.4 is 11.1 Å². The summed E-state index contributed by atoms with van der Waals surface area (Å²) in [6, 6.07) is 0.523. The molecule has 0 bridgehead atoms. The molecule has 2 aliphatic rings. The zero-order chi connectivity index (χ0) is 5.56. The molecule has 0 amide bonds. The van der Waals surface area contributed by atoms with E-state index in [1.165, 1.54) is 19.5 Å². The van der Waals surface area contributed by atoms with Crippen LogP contribution in [0.1, 0.15) is 6.42 Å². The molecule has 2 heteroatoms. The fourth-order valence-electron chi connectivity index (χ4n) is 1.84. The van der Waals surface area contributed by atoms with Gasteiger partial charge < -0.3 is 11.1 Å². The summed E-state index contributed by atoms with van der Waals surface area (Å²) in [7, 11) is 0. The van der Waals surface area contributed by atoms with Crippen LogP contribution >= 0.6 is 0 Å². The molecule has 1 aliphatic heterocycles. The van der Waals surface area contributed by atoms with E-state index < -0.39 is 0 Å². The molecule has 0 spiro atoms. The fraction of sp³-hybridized carbons (Fsp3) is 1.00. The fourth-order valence-corrected chi connectivity index (χ4v) is 1.84. The summed E-state index contributed by atoms with van der Waals surface area (Å²) >= 11 is 0. The molecule has 0 aromatic carbocycles. The van der Waals surface area contributed by atoms with E-state index in [0.29, 0.717) is 6.04 Å². The van der Waals surface area contributed by atoms with Crippen LogP contribution in [-0.2, 0) is 0 Å². The molecule has 0 aromatic rings. The molecule has 2 nitrogen and oxygen atoms in total. The molecule has 0 aromatic heterocycles. The van der Waals surface area contributed by atoms with Gasteiger partial charge in [0.05, 0.1) is 0 Å². The van der Waals surface area contributed by atoms with E-state index in [4.69, 9.17) is 5.73 Å². The van der Waals surface area contributed by atoms with Gasteiger partial charge in [0, 0.05) is 6.04 Å². The van der Waals surface area contributed by atoms with Crippen molar-refractivity contribution in [3.8, 4) is 0 Å². The van der Waals surface area contributed by atoms with Crippen LogP contribution in [0.2, 0.25) is 0 Å². The zero-order valence-electron chi connectivity index (χ0n) is 4.93. The van der Waals surface area contributed by atoms with Gasteiger partial charge in [-0.05, 0) is 31.3 Å². The average molecular weight is 112 g/mol. The first-order chi connectivity index (χ1) is 3.88. The van der Waals surface area contributed by atoms with Crippen molar-refractivity contribution in [1.29, 1.82) is 0 Å². The maximum absolute atomic E-state index is 5.72. The lowest BCUT2D eigenvalue weighted by molar-refractivity contribution is 0.194. The number of hydrogen-bond acceptors (Lipinski definition) is 2. The first-order valence-corrected chi connectivity index (χ1v) is 3.34. The van der Waals surface area contributed by atoms with Gasteiger partial charge in [-0.1, -0.05) is 0 Å². The minimum Gasteiger partial charge on any atom is -0.327 e. The molecule has 3 atom stereocenters. The number of nitrogens with one attached hydrogen (secondary N) is 1. The van der Waals surface area contributed by atoms with Crippen LogP contribution in [0.4, 0.5) is 0 Å². The molecule has 1 saturated heterocycles. The molecule has 1 aliphatic carbocycles. The Morgan fingerprint density at radius 2 is 2.25 bits per heavy atom. The maximum Gasteiger partial charge on any atom is 0.00856 e. The van der Waals surface area contributed by atoms with Gasteiger partial charge in [-0.3, -0.25) is 0 Å². The van der Waals surface area contributed by atoms with Crippen molar-refractivity contribution in [3.05, 3.63) is 0 Å². The third kappa shape index (κ3) is 0.446. The van der Waals surface area contributed by atoms with E-state index in [2.05, 4.69) is 5.32 Å². The van der Waals surface area contributed by atoms with Crippen molar-refractivity contribution in [1.82, 2.24) is 5.32 Å². The predicted molar refractivity (Wildman–Crippen MR) is 32.4 cm³/mol. The van der Waals surface area contributed by atoms with Gasteiger partial charge in [0.15, 0.2) is 0 Å². The van der Waals surface area contributed by atoms with Crippen molar-refractivity contribution in [2.45, 2.75) is 12.5 Å². The molecule has 46 valence electrons. The van der Waals surface area contributed by atoms with Crippen LogP contribution in [0.3, 0.4) is 0 Å². The van der Waals surface area contributed by atoms with E-state index in [1.54, 1.807) is 0 Å². The molecular weight excluding hydrogens is 100 g/mol. The standard InChI is InChI=1S/C6H12N2/c7-6-1-4-2-8-3-5(4)6/h4-6,8H,1-3,7H2/t4?,5?,6-/m1/s1. The molecule has 8 heavy (non-hydrogen) atoms. The highest BCUT2D eigenvalue weighted by atomic mass is 15.0. The molecule has 0 radical (unpaired) electrons. The molecule has 2 unspecified atom stereocenters. The Hall–Kier alpha value is -0.0800. The van der Waals surface area contributed by atoms with E-state index in [0.717, 1.165) is 11.8 Å². The first-order valence-electron chi connectivity index (χ1n) is 3.34. The van der Waals surface area contributed by atoms with Gasteiger partial charge in [-0.15, -0.1) is 0 Å². The summed E-state index contributed by atoms with van der Waals surface area (Å²) in [5, 5.41) is 3.33. The zero-order valence-corrected chi connectivity index (χ0v) is 4.93. The normalized spacial score (nSPS) is 52.9. The van der Waals surface area contributed by atoms with Gasteiger partial charge in [0.1, 0.15) is 0 Å². The van der Waals surface area contributed by atoms with Crippen LogP contribution in [0.5, 0.6) is 0 Å². The molecule has 1 saturated carbocycles. The van der Waals surface area contributed by atoms with Crippen LogP contribution in [0.15, 0.2) is 0 Å². The lowest BCUT2D eigenvalue weighted by atomic mass is 9.72.